The van der Waals surface area contributed by atoms with E-state index < -0.39 is 5.97 Å². The second kappa shape index (κ2) is 3.86. The predicted molar refractivity (Wildman–Crippen MR) is 58.2 cm³/mol. The number of aromatic nitrogens is 2. The van der Waals surface area contributed by atoms with Gasteiger partial charge < -0.3 is 5.11 Å². The Morgan fingerprint density at radius 1 is 1.33 bits per heavy atom. The number of carboxylic acid groups (broad SMARTS) is 1. The van der Waals surface area contributed by atoms with Crippen LogP contribution in [0, 0.1) is 0 Å². The van der Waals surface area contributed by atoms with Crippen molar-refractivity contribution in [3.8, 4) is 5.69 Å². The van der Waals surface area contributed by atoms with Crippen molar-refractivity contribution in [3.05, 3.63) is 46.7 Å². The first-order chi connectivity index (χ1) is 7.16. The normalized spacial score (nSPS) is 10.2. The molecule has 0 bridgehead atoms. The largest absolute Gasteiger partial charge is 0.478 e. The Bertz CT molecular complexity index is 490. The highest BCUT2D eigenvalue weighted by atomic mass is 79.9. The summed E-state index contributed by atoms with van der Waals surface area (Å²) < 4.78 is 2.49. The van der Waals surface area contributed by atoms with Gasteiger partial charge in [-0.2, -0.15) is 5.10 Å². The molecule has 0 saturated heterocycles. The zero-order valence-electron chi connectivity index (χ0n) is 7.59. The number of benzene rings is 1. The number of halogens is 1. The maximum atomic E-state index is 10.6. The number of carbonyl (C=O) groups is 1. The van der Waals surface area contributed by atoms with E-state index in [1.54, 1.807) is 0 Å². The molecule has 0 fully saturated rings. The number of aromatic carboxylic acids is 1. The van der Waals surface area contributed by atoms with E-state index in [1.807, 2.05) is 24.3 Å². The molecule has 1 aromatic carbocycles. The molecule has 0 saturated carbocycles. The summed E-state index contributed by atoms with van der Waals surface area (Å²) in [6.07, 6.45) is 2.80. The zero-order chi connectivity index (χ0) is 10.8. The van der Waals surface area contributed by atoms with E-state index in [-0.39, 0.29) is 5.56 Å². The van der Waals surface area contributed by atoms with Crippen LogP contribution in [0.4, 0.5) is 0 Å². The van der Waals surface area contributed by atoms with Gasteiger partial charge in [0.1, 0.15) is 0 Å². The summed E-state index contributed by atoms with van der Waals surface area (Å²) >= 11 is 3.32. The fourth-order valence-corrected chi connectivity index (χ4v) is 1.43. The molecule has 0 spiro atoms. The zero-order valence-corrected chi connectivity index (χ0v) is 9.18. The lowest BCUT2D eigenvalue weighted by Crippen LogP contribution is -1.95. The van der Waals surface area contributed by atoms with Crippen LogP contribution in [0.25, 0.3) is 5.69 Å². The van der Waals surface area contributed by atoms with Gasteiger partial charge in [0.2, 0.25) is 0 Å². The molecule has 2 rings (SSSR count). The average Bonchev–Trinajstić information content (AvgIpc) is 2.68. The van der Waals surface area contributed by atoms with E-state index in [1.165, 1.54) is 17.1 Å². The molecule has 0 aliphatic rings. The third-order valence-corrected chi connectivity index (χ3v) is 2.45. The van der Waals surface area contributed by atoms with Gasteiger partial charge in [0, 0.05) is 10.7 Å². The van der Waals surface area contributed by atoms with Crippen LogP contribution >= 0.6 is 15.9 Å². The van der Waals surface area contributed by atoms with Crippen molar-refractivity contribution in [3.63, 3.8) is 0 Å². The molecule has 4 nitrogen and oxygen atoms in total. The molecular weight excluding hydrogens is 260 g/mol. The molecule has 76 valence electrons. The first-order valence-electron chi connectivity index (χ1n) is 4.21. The fourth-order valence-electron chi connectivity index (χ4n) is 1.17. The number of hydrogen-bond acceptors (Lipinski definition) is 2. The Kier molecular flexibility index (Phi) is 2.55. The molecule has 0 radical (unpaired) electrons. The first-order valence-corrected chi connectivity index (χ1v) is 5.00. The van der Waals surface area contributed by atoms with Crippen molar-refractivity contribution in [2.24, 2.45) is 0 Å². The van der Waals surface area contributed by atoms with Gasteiger partial charge in [-0.1, -0.05) is 15.9 Å². The van der Waals surface area contributed by atoms with E-state index in [9.17, 15) is 4.79 Å². The van der Waals surface area contributed by atoms with Crippen molar-refractivity contribution in [2.75, 3.05) is 0 Å². The minimum Gasteiger partial charge on any atom is -0.478 e. The predicted octanol–water partition coefficient (Wildman–Crippen LogP) is 2.33. The molecular formula is C10H7BrN2O2. The number of nitrogens with zero attached hydrogens (tertiary/aromatic N) is 2. The van der Waals surface area contributed by atoms with Crippen LogP contribution in [0.3, 0.4) is 0 Å². The molecule has 0 atom stereocenters. The topological polar surface area (TPSA) is 55.1 Å². The van der Waals surface area contributed by atoms with Crippen molar-refractivity contribution < 1.29 is 9.90 Å². The standard InChI is InChI=1S/C10H7BrN2O2/c11-8-1-3-9(4-2-8)13-6-7(5-12-13)10(14)15/h1-6H,(H,14,15). The highest BCUT2D eigenvalue weighted by Crippen LogP contribution is 2.13. The lowest BCUT2D eigenvalue weighted by atomic mass is 10.3. The van der Waals surface area contributed by atoms with E-state index in [0.29, 0.717) is 0 Å². The van der Waals surface area contributed by atoms with Crippen molar-refractivity contribution in [1.29, 1.82) is 0 Å². The SMILES string of the molecule is O=C(O)c1cnn(-c2ccc(Br)cc2)c1. The van der Waals surface area contributed by atoms with Crippen molar-refractivity contribution in [1.82, 2.24) is 9.78 Å². The second-order valence-corrected chi connectivity index (χ2v) is 3.87. The van der Waals surface area contributed by atoms with E-state index >= 15 is 0 Å². The molecule has 5 heteroatoms. The van der Waals surface area contributed by atoms with Gasteiger partial charge in [-0.15, -0.1) is 0 Å². The maximum Gasteiger partial charge on any atom is 0.338 e. The van der Waals surface area contributed by atoms with Gasteiger partial charge in [-0.25, -0.2) is 9.48 Å². The Balaban J connectivity index is 2.37. The Labute approximate surface area is 94.3 Å². The first kappa shape index (κ1) is 9.92. The molecule has 0 amide bonds. The third-order valence-electron chi connectivity index (χ3n) is 1.92. The van der Waals surface area contributed by atoms with E-state index in [4.69, 9.17) is 5.11 Å². The van der Waals surface area contributed by atoms with Crippen LogP contribution in [0.2, 0.25) is 0 Å². The summed E-state index contributed by atoms with van der Waals surface area (Å²) in [5.41, 5.74) is 1.00. The van der Waals surface area contributed by atoms with E-state index in [0.717, 1.165) is 10.2 Å². The van der Waals surface area contributed by atoms with Crippen LogP contribution in [-0.2, 0) is 0 Å². The molecule has 0 unspecified atom stereocenters. The Morgan fingerprint density at radius 3 is 2.53 bits per heavy atom. The molecule has 0 aliphatic heterocycles. The molecule has 1 aromatic heterocycles. The smallest absolute Gasteiger partial charge is 0.338 e. The molecule has 15 heavy (non-hydrogen) atoms. The van der Waals surface area contributed by atoms with Gasteiger partial charge >= 0.3 is 5.97 Å². The third kappa shape index (κ3) is 2.07. The Hall–Kier alpha value is -1.62. The summed E-state index contributed by atoms with van der Waals surface area (Å²) in [5, 5.41) is 12.7. The maximum absolute atomic E-state index is 10.6. The summed E-state index contributed by atoms with van der Waals surface area (Å²) in [6, 6.07) is 7.44. The average molecular weight is 267 g/mol. The van der Waals surface area contributed by atoms with Crippen LogP contribution in [-0.4, -0.2) is 20.9 Å². The van der Waals surface area contributed by atoms with Crippen LogP contribution in [0.1, 0.15) is 10.4 Å². The van der Waals surface area contributed by atoms with Gasteiger partial charge in [0.15, 0.2) is 0 Å². The summed E-state index contributed by atoms with van der Waals surface area (Å²) in [4.78, 5) is 10.6. The monoisotopic (exact) mass is 266 g/mol. The van der Waals surface area contributed by atoms with Crippen LogP contribution in [0.5, 0.6) is 0 Å². The number of carboxylic acids is 1. The van der Waals surface area contributed by atoms with E-state index in [2.05, 4.69) is 21.0 Å². The van der Waals surface area contributed by atoms with Gasteiger partial charge in [0.05, 0.1) is 17.4 Å². The molecule has 1 N–H and O–H groups in total. The number of rotatable bonds is 2. The second-order valence-electron chi connectivity index (χ2n) is 2.96. The lowest BCUT2D eigenvalue weighted by molar-refractivity contribution is 0.0697. The summed E-state index contributed by atoms with van der Waals surface area (Å²) in [6.45, 7) is 0. The van der Waals surface area contributed by atoms with Gasteiger partial charge in [0.25, 0.3) is 0 Å². The van der Waals surface area contributed by atoms with Crippen LogP contribution in [0.15, 0.2) is 41.1 Å². The minimum atomic E-state index is -0.974. The van der Waals surface area contributed by atoms with Crippen molar-refractivity contribution in [2.45, 2.75) is 0 Å². The quantitative estimate of drug-likeness (QED) is 0.908. The summed E-state index contributed by atoms with van der Waals surface area (Å²) in [5.74, 6) is -0.974. The summed E-state index contributed by atoms with van der Waals surface area (Å²) in [7, 11) is 0. The van der Waals surface area contributed by atoms with Crippen LogP contribution < -0.4 is 0 Å². The number of hydrogen-bond donors (Lipinski definition) is 1. The fraction of sp³-hybridized carbons (Fsp3) is 0. The minimum absolute atomic E-state index is 0.179. The molecule has 2 aromatic rings. The van der Waals surface area contributed by atoms with Gasteiger partial charge in [-0.05, 0) is 24.3 Å². The highest BCUT2D eigenvalue weighted by molar-refractivity contribution is 9.10. The Morgan fingerprint density at radius 2 is 2.00 bits per heavy atom. The van der Waals surface area contributed by atoms with Crippen molar-refractivity contribution >= 4 is 21.9 Å². The molecule has 0 aliphatic carbocycles. The van der Waals surface area contributed by atoms with Gasteiger partial charge in [-0.3, -0.25) is 0 Å². The highest BCUT2D eigenvalue weighted by Gasteiger charge is 2.06. The lowest BCUT2D eigenvalue weighted by Gasteiger charge is -1.99. The molecule has 1 heterocycles.